The zero-order chi connectivity index (χ0) is 13.8. The van der Waals surface area contributed by atoms with Gasteiger partial charge in [-0.25, -0.2) is 0 Å². The maximum atomic E-state index is 12.6. The quantitative estimate of drug-likeness (QED) is 0.811. The van der Waals surface area contributed by atoms with E-state index < -0.39 is 17.8 Å². The first-order valence-corrected chi connectivity index (χ1v) is 5.48. The van der Waals surface area contributed by atoms with Gasteiger partial charge in [0.1, 0.15) is 0 Å². The predicted molar refractivity (Wildman–Crippen MR) is 64.7 cm³/mol. The first-order chi connectivity index (χ1) is 8.38. The van der Waals surface area contributed by atoms with Crippen LogP contribution < -0.4 is 11.1 Å². The van der Waals surface area contributed by atoms with Gasteiger partial charge in [0.25, 0.3) is 0 Å². The Kier molecular flexibility index (Phi) is 4.76. The molecule has 0 aliphatic heterocycles. The highest BCUT2D eigenvalue weighted by Crippen LogP contribution is 2.30. The Hall–Kier alpha value is -1.51. The van der Waals surface area contributed by atoms with E-state index in [1.807, 2.05) is 0 Å². The van der Waals surface area contributed by atoms with Crippen LogP contribution >= 0.6 is 0 Å². The van der Waals surface area contributed by atoms with Crippen molar-refractivity contribution in [3.8, 4) is 12.3 Å². The summed E-state index contributed by atoms with van der Waals surface area (Å²) < 4.78 is 37.7. The molecule has 0 aromatic heterocycles. The van der Waals surface area contributed by atoms with Gasteiger partial charge in [-0.3, -0.25) is 5.32 Å². The largest absolute Gasteiger partial charge is 0.416 e. The molecule has 0 fully saturated rings. The van der Waals surface area contributed by atoms with E-state index in [2.05, 4.69) is 11.2 Å². The average Bonchev–Trinajstić information content (AvgIpc) is 2.34. The fraction of sp³-hybridized carbons (Fsp3) is 0.385. The lowest BCUT2D eigenvalue weighted by Gasteiger charge is -2.20. The monoisotopic (exact) mass is 256 g/mol. The lowest BCUT2D eigenvalue weighted by Crippen LogP contribution is -2.34. The third kappa shape index (κ3) is 3.76. The molecule has 0 bridgehead atoms. The van der Waals surface area contributed by atoms with Crippen LogP contribution in [-0.4, -0.2) is 12.6 Å². The molecule has 0 amide bonds. The van der Waals surface area contributed by atoms with E-state index in [1.54, 1.807) is 13.0 Å². The minimum atomic E-state index is -4.35. The first-order valence-electron chi connectivity index (χ1n) is 5.48. The third-order valence-electron chi connectivity index (χ3n) is 2.55. The maximum Gasteiger partial charge on any atom is 0.416 e. The zero-order valence-electron chi connectivity index (χ0n) is 9.96. The Morgan fingerprint density at radius 1 is 1.44 bits per heavy atom. The minimum absolute atomic E-state index is 0.174. The Morgan fingerprint density at radius 2 is 2.11 bits per heavy atom. The molecule has 18 heavy (non-hydrogen) atoms. The van der Waals surface area contributed by atoms with Gasteiger partial charge in [-0.2, -0.15) is 13.2 Å². The summed E-state index contributed by atoms with van der Waals surface area (Å²) in [6, 6.07) is 4.44. The van der Waals surface area contributed by atoms with Crippen LogP contribution in [-0.2, 0) is 6.18 Å². The van der Waals surface area contributed by atoms with Crippen LogP contribution in [0.15, 0.2) is 24.3 Å². The summed E-state index contributed by atoms with van der Waals surface area (Å²) in [5.41, 5.74) is 5.35. The zero-order valence-corrected chi connectivity index (χ0v) is 9.96. The summed E-state index contributed by atoms with van der Waals surface area (Å²) in [6.07, 6.45) is 0.865. The molecule has 0 radical (unpaired) electrons. The van der Waals surface area contributed by atoms with Crippen LogP contribution in [0.3, 0.4) is 0 Å². The number of halogens is 3. The molecule has 5 heteroatoms. The summed E-state index contributed by atoms with van der Waals surface area (Å²) in [4.78, 5) is 0. The van der Waals surface area contributed by atoms with E-state index in [1.165, 1.54) is 6.07 Å². The van der Waals surface area contributed by atoms with Gasteiger partial charge < -0.3 is 5.73 Å². The molecule has 0 saturated carbocycles. The number of hydrogen-bond donors (Lipinski definition) is 2. The highest BCUT2D eigenvalue weighted by Gasteiger charge is 2.30. The number of benzene rings is 1. The molecular weight excluding hydrogens is 241 g/mol. The van der Waals surface area contributed by atoms with Crippen molar-refractivity contribution in [2.45, 2.75) is 25.2 Å². The predicted octanol–water partition coefficient (Wildman–Crippen LogP) is 2.32. The van der Waals surface area contributed by atoms with Gasteiger partial charge in [-0.15, -0.1) is 6.42 Å². The molecule has 0 aliphatic rings. The van der Waals surface area contributed by atoms with Crippen molar-refractivity contribution in [2.75, 3.05) is 6.54 Å². The molecule has 2 unspecified atom stereocenters. The van der Waals surface area contributed by atoms with Gasteiger partial charge in [0.05, 0.1) is 11.6 Å². The second-order valence-electron chi connectivity index (χ2n) is 3.97. The van der Waals surface area contributed by atoms with E-state index in [4.69, 9.17) is 12.2 Å². The van der Waals surface area contributed by atoms with Gasteiger partial charge in [0.2, 0.25) is 0 Å². The third-order valence-corrected chi connectivity index (χ3v) is 2.55. The Bertz CT molecular complexity index is 435. The molecule has 0 heterocycles. The highest BCUT2D eigenvalue weighted by molar-refractivity contribution is 5.28. The summed E-state index contributed by atoms with van der Waals surface area (Å²) in [7, 11) is 0. The molecule has 0 spiro atoms. The SMILES string of the molecule is C#CC(C)NC(CN)c1cccc(C(F)(F)F)c1. The molecule has 2 atom stereocenters. The minimum Gasteiger partial charge on any atom is -0.329 e. The van der Waals surface area contributed by atoms with Crippen LogP contribution in [0, 0.1) is 12.3 Å². The fourth-order valence-corrected chi connectivity index (χ4v) is 1.58. The normalized spacial score (nSPS) is 14.9. The summed E-state index contributed by atoms with van der Waals surface area (Å²) in [6.45, 7) is 1.92. The van der Waals surface area contributed by atoms with Gasteiger partial charge >= 0.3 is 6.18 Å². The number of terminal acetylenes is 1. The molecule has 2 nitrogen and oxygen atoms in total. The molecule has 0 aliphatic carbocycles. The second-order valence-corrected chi connectivity index (χ2v) is 3.97. The van der Waals surface area contributed by atoms with Crippen molar-refractivity contribution in [1.29, 1.82) is 0 Å². The molecule has 1 aromatic rings. The van der Waals surface area contributed by atoms with Crippen molar-refractivity contribution in [1.82, 2.24) is 5.32 Å². The van der Waals surface area contributed by atoms with E-state index in [-0.39, 0.29) is 12.6 Å². The molecule has 3 N–H and O–H groups in total. The first kappa shape index (κ1) is 14.6. The van der Waals surface area contributed by atoms with E-state index in [9.17, 15) is 13.2 Å². The van der Waals surface area contributed by atoms with Crippen molar-refractivity contribution < 1.29 is 13.2 Å². The molecule has 98 valence electrons. The topological polar surface area (TPSA) is 38.0 Å². The number of hydrogen-bond acceptors (Lipinski definition) is 2. The Morgan fingerprint density at radius 3 is 2.61 bits per heavy atom. The van der Waals surface area contributed by atoms with Gasteiger partial charge in [0, 0.05) is 12.6 Å². The molecular formula is C13H15F3N2. The van der Waals surface area contributed by atoms with Crippen LogP contribution in [0.1, 0.15) is 24.1 Å². The standard InChI is InChI=1S/C13H15F3N2/c1-3-9(2)18-12(8-17)10-5-4-6-11(7-10)13(14,15)16/h1,4-7,9,12,18H,8,17H2,2H3. The smallest absolute Gasteiger partial charge is 0.329 e. The van der Waals surface area contributed by atoms with E-state index in [0.717, 1.165) is 12.1 Å². The summed E-state index contributed by atoms with van der Waals surface area (Å²) in [5.74, 6) is 2.46. The van der Waals surface area contributed by atoms with Gasteiger partial charge in [-0.05, 0) is 24.6 Å². The van der Waals surface area contributed by atoms with Crippen LogP contribution in [0.2, 0.25) is 0 Å². The Labute approximate surface area is 104 Å². The Balaban J connectivity index is 2.97. The number of nitrogens with two attached hydrogens (primary N) is 1. The number of rotatable bonds is 4. The van der Waals surface area contributed by atoms with Crippen molar-refractivity contribution in [2.24, 2.45) is 5.73 Å². The van der Waals surface area contributed by atoms with Gasteiger partial charge in [0.15, 0.2) is 0 Å². The van der Waals surface area contributed by atoms with Crippen LogP contribution in [0.25, 0.3) is 0 Å². The van der Waals surface area contributed by atoms with Crippen LogP contribution in [0.5, 0.6) is 0 Å². The van der Waals surface area contributed by atoms with E-state index >= 15 is 0 Å². The van der Waals surface area contributed by atoms with E-state index in [0.29, 0.717) is 5.56 Å². The summed E-state index contributed by atoms with van der Waals surface area (Å²) in [5, 5.41) is 2.98. The number of nitrogens with one attached hydrogen (secondary N) is 1. The number of alkyl halides is 3. The van der Waals surface area contributed by atoms with Crippen molar-refractivity contribution in [3.05, 3.63) is 35.4 Å². The molecule has 1 aromatic carbocycles. The van der Waals surface area contributed by atoms with Crippen molar-refractivity contribution in [3.63, 3.8) is 0 Å². The average molecular weight is 256 g/mol. The second kappa shape index (κ2) is 5.89. The lowest BCUT2D eigenvalue weighted by molar-refractivity contribution is -0.137. The van der Waals surface area contributed by atoms with Gasteiger partial charge in [-0.1, -0.05) is 18.1 Å². The summed E-state index contributed by atoms with van der Waals surface area (Å²) >= 11 is 0. The van der Waals surface area contributed by atoms with Crippen LogP contribution in [0.4, 0.5) is 13.2 Å². The molecule has 0 saturated heterocycles. The highest BCUT2D eigenvalue weighted by atomic mass is 19.4. The fourth-order valence-electron chi connectivity index (χ4n) is 1.58. The maximum absolute atomic E-state index is 12.6. The van der Waals surface area contributed by atoms with Crippen molar-refractivity contribution >= 4 is 0 Å². The molecule has 1 rings (SSSR count). The lowest BCUT2D eigenvalue weighted by atomic mass is 10.0.